The van der Waals surface area contributed by atoms with Gasteiger partial charge in [0.2, 0.25) is 0 Å². The van der Waals surface area contributed by atoms with Crippen LogP contribution in [0, 0.1) is 0 Å². The molecule has 0 unspecified atom stereocenters. The van der Waals surface area contributed by atoms with Crippen molar-refractivity contribution in [3.63, 3.8) is 0 Å². The number of fused-ring (bicyclic) bond motifs is 1. The van der Waals surface area contributed by atoms with E-state index in [1.807, 2.05) is 23.1 Å². The minimum absolute atomic E-state index is 0.0906. The predicted octanol–water partition coefficient (Wildman–Crippen LogP) is 3.72. The third-order valence-electron chi connectivity index (χ3n) is 3.68. The van der Waals surface area contributed by atoms with Crippen molar-refractivity contribution >= 4 is 23.2 Å². The van der Waals surface area contributed by atoms with Crippen LogP contribution in [-0.4, -0.2) is 16.9 Å². The number of anilines is 1. The number of carbonyl (C=O) groups excluding carboxylic acids is 1. The Morgan fingerprint density at radius 2 is 2.15 bits per heavy atom. The molecule has 1 atom stereocenters. The quantitative estimate of drug-likeness (QED) is 0.800. The summed E-state index contributed by atoms with van der Waals surface area (Å²) in [6.07, 6.45) is 3.53. The van der Waals surface area contributed by atoms with E-state index in [0.29, 0.717) is 10.7 Å². The van der Waals surface area contributed by atoms with Gasteiger partial charge in [-0.15, -0.1) is 0 Å². The van der Waals surface area contributed by atoms with Gasteiger partial charge in [-0.2, -0.15) is 0 Å². The van der Waals surface area contributed by atoms with Crippen LogP contribution in [0.1, 0.15) is 29.4 Å². The highest BCUT2D eigenvalue weighted by Crippen LogP contribution is 2.31. The van der Waals surface area contributed by atoms with E-state index in [9.17, 15) is 4.79 Å². The highest BCUT2D eigenvalue weighted by Gasteiger charge is 2.29. The topological polar surface area (TPSA) is 33.2 Å². The molecule has 0 saturated carbocycles. The van der Waals surface area contributed by atoms with E-state index in [1.165, 1.54) is 5.56 Å². The van der Waals surface area contributed by atoms with Crippen LogP contribution in [0.15, 0.2) is 42.6 Å². The summed E-state index contributed by atoms with van der Waals surface area (Å²) in [5.74, 6) is -0.0906. The molecule has 1 aromatic heterocycles. The molecule has 0 saturated heterocycles. The predicted molar refractivity (Wildman–Crippen MR) is 80.3 cm³/mol. The summed E-state index contributed by atoms with van der Waals surface area (Å²) in [6, 6.07) is 11.5. The molecule has 1 aromatic carbocycles. The summed E-state index contributed by atoms with van der Waals surface area (Å²) in [5.41, 5.74) is 2.58. The van der Waals surface area contributed by atoms with E-state index in [4.69, 9.17) is 11.6 Å². The number of aromatic nitrogens is 1. The van der Waals surface area contributed by atoms with Gasteiger partial charge in [0, 0.05) is 22.9 Å². The fourth-order valence-electron chi connectivity index (χ4n) is 2.64. The van der Waals surface area contributed by atoms with Crippen molar-refractivity contribution in [3.05, 3.63) is 58.9 Å². The lowest BCUT2D eigenvalue weighted by molar-refractivity contribution is 0.0970. The van der Waals surface area contributed by atoms with Crippen LogP contribution in [0.25, 0.3) is 0 Å². The first-order chi connectivity index (χ1) is 9.66. The Morgan fingerprint density at radius 3 is 2.95 bits per heavy atom. The van der Waals surface area contributed by atoms with Gasteiger partial charge in [0.25, 0.3) is 5.91 Å². The number of carbonyl (C=O) groups is 1. The fourth-order valence-corrected chi connectivity index (χ4v) is 2.80. The Balaban J connectivity index is 2.03. The molecule has 1 aliphatic heterocycles. The number of nitrogens with zero attached hydrogens (tertiary/aromatic N) is 2. The van der Waals surface area contributed by atoms with Gasteiger partial charge in [-0.3, -0.25) is 9.78 Å². The zero-order chi connectivity index (χ0) is 14.1. The molecule has 0 N–H and O–H groups in total. The van der Waals surface area contributed by atoms with Gasteiger partial charge in [0.15, 0.2) is 0 Å². The van der Waals surface area contributed by atoms with E-state index in [1.54, 1.807) is 18.3 Å². The zero-order valence-electron chi connectivity index (χ0n) is 11.2. The van der Waals surface area contributed by atoms with Gasteiger partial charge in [-0.25, -0.2) is 0 Å². The maximum atomic E-state index is 12.7. The third kappa shape index (κ3) is 2.29. The van der Waals surface area contributed by atoms with Crippen LogP contribution < -0.4 is 4.90 Å². The Kier molecular flexibility index (Phi) is 3.45. The summed E-state index contributed by atoms with van der Waals surface area (Å²) >= 11 is 5.95. The molecule has 1 aliphatic rings. The standard InChI is InChI=1S/C16H15ClN2O/c1-11-6-7-12-4-2-3-5-15(12)19(11)16(20)14-10-13(17)8-9-18-14/h2-5,8-11H,6-7H2,1H3/t11-/m0/s1. The number of aryl methyl sites for hydroxylation is 1. The zero-order valence-corrected chi connectivity index (χ0v) is 12.0. The van der Waals surface area contributed by atoms with Crippen molar-refractivity contribution in [2.24, 2.45) is 0 Å². The van der Waals surface area contributed by atoms with Crippen molar-refractivity contribution in [1.82, 2.24) is 4.98 Å². The van der Waals surface area contributed by atoms with E-state index >= 15 is 0 Å². The molecule has 0 fully saturated rings. The van der Waals surface area contributed by atoms with Gasteiger partial charge in [0.05, 0.1) is 0 Å². The first-order valence-corrected chi connectivity index (χ1v) is 7.07. The maximum absolute atomic E-state index is 12.7. The van der Waals surface area contributed by atoms with Crippen LogP contribution in [0.3, 0.4) is 0 Å². The van der Waals surface area contributed by atoms with Crippen molar-refractivity contribution in [3.8, 4) is 0 Å². The van der Waals surface area contributed by atoms with Gasteiger partial charge in [-0.1, -0.05) is 29.8 Å². The number of rotatable bonds is 1. The Bertz CT molecular complexity index is 656. The molecule has 0 radical (unpaired) electrons. The minimum atomic E-state index is -0.0906. The molecule has 0 aliphatic carbocycles. The number of benzene rings is 1. The first kappa shape index (κ1) is 13.1. The van der Waals surface area contributed by atoms with Crippen molar-refractivity contribution < 1.29 is 4.79 Å². The average molecular weight is 287 g/mol. The second-order valence-electron chi connectivity index (χ2n) is 5.05. The van der Waals surface area contributed by atoms with Gasteiger partial charge >= 0.3 is 0 Å². The second kappa shape index (κ2) is 5.25. The highest BCUT2D eigenvalue weighted by atomic mass is 35.5. The van der Waals surface area contributed by atoms with Crippen LogP contribution in [0.4, 0.5) is 5.69 Å². The lowest BCUT2D eigenvalue weighted by Gasteiger charge is -2.35. The summed E-state index contributed by atoms with van der Waals surface area (Å²) in [4.78, 5) is 18.7. The van der Waals surface area contributed by atoms with E-state index in [2.05, 4.69) is 18.0 Å². The molecular weight excluding hydrogens is 272 g/mol. The summed E-state index contributed by atoms with van der Waals surface area (Å²) in [7, 11) is 0. The van der Waals surface area contributed by atoms with Crippen molar-refractivity contribution in [1.29, 1.82) is 0 Å². The number of para-hydroxylation sites is 1. The number of halogens is 1. The number of hydrogen-bond donors (Lipinski definition) is 0. The van der Waals surface area contributed by atoms with Gasteiger partial charge < -0.3 is 4.90 Å². The van der Waals surface area contributed by atoms with Crippen LogP contribution in [0.2, 0.25) is 5.02 Å². The van der Waals surface area contributed by atoms with Crippen molar-refractivity contribution in [2.75, 3.05) is 4.90 Å². The smallest absolute Gasteiger partial charge is 0.277 e. The molecule has 20 heavy (non-hydrogen) atoms. The molecule has 1 amide bonds. The molecule has 3 rings (SSSR count). The first-order valence-electron chi connectivity index (χ1n) is 6.70. The van der Waals surface area contributed by atoms with Gasteiger partial charge in [-0.05, 0) is 43.5 Å². The summed E-state index contributed by atoms with van der Waals surface area (Å²) in [6.45, 7) is 2.07. The fraction of sp³-hybridized carbons (Fsp3) is 0.250. The summed E-state index contributed by atoms with van der Waals surface area (Å²) < 4.78 is 0. The monoisotopic (exact) mass is 286 g/mol. The Labute approximate surface area is 123 Å². The molecule has 102 valence electrons. The second-order valence-corrected chi connectivity index (χ2v) is 5.49. The minimum Gasteiger partial charge on any atom is -0.304 e. The SMILES string of the molecule is C[C@H]1CCc2ccccc2N1C(=O)c1cc(Cl)ccn1. The highest BCUT2D eigenvalue weighted by molar-refractivity contribution is 6.31. The largest absolute Gasteiger partial charge is 0.304 e. The molecular formula is C16H15ClN2O. The van der Waals surface area contributed by atoms with Crippen LogP contribution >= 0.6 is 11.6 Å². The number of hydrogen-bond acceptors (Lipinski definition) is 2. The van der Waals surface area contributed by atoms with Crippen molar-refractivity contribution in [2.45, 2.75) is 25.8 Å². The van der Waals surface area contributed by atoms with E-state index < -0.39 is 0 Å². The molecule has 3 nitrogen and oxygen atoms in total. The Morgan fingerprint density at radius 1 is 1.35 bits per heavy atom. The summed E-state index contributed by atoms with van der Waals surface area (Å²) in [5, 5.41) is 0.529. The lowest BCUT2D eigenvalue weighted by Crippen LogP contribution is -2.42. The van der Waals surface area contributed by atoms with Gasteiger partial charge in [0.1, 0.15) is 5.69 Å². The molecule has 0 bridgehead atoms. The van der Waals surface area contributed by atoms with E-state index in [0.717, 1.165) is 18.5 Å². The molecule has 0 spiro atoms. The van der Waals surface area contributed by atoms with Crippen LogP contribution in [0.5, 0.6) is 0 Å². The van der Waals surface area contributed by atoms with Crippen LogP contribution in [-0.2, 0) is 6.42 Å². The average Bonchev–Trinajstić information content (AvgIpc) is 2.46. The lowest BCUT2D eigenvalue weighted by atomic mass is 9.96. The molecule has 2 heterocycles. The number of amides is 1. The molecule has 2 aromatic rings. The Hall–Kier alpha value is -1.87. The number of pyridine rings is 1. The normalized spacial score (nSPS) is 17.7. The maximum Gasteiger partial charge on any atom is 0.277 e. The third-order valence-corrected chi connectivity index (χ3v) is 3.92. The molecule has 4 heteroatoms. The van der Waals surface area contributed by atoms with E-state index in [-0.39, 0.29) is 11.9 Å².